The van der Waals surface area contributed by atoms with Gasteiger partial charge in [-0.1, -0.05) is 90.5 Å². The van der Waals surface area contributed by atoms with Crippen LogP contribution in [-0.2, 0) is 33.8 Å². The molecular weight excluding hydrogens is 604 g/mol. The number of benzene rings is 3. The van der Waals surface area contributed by atoms with Gasteiger partial charge in [0.1, 0.15) is 12.2 Å². The van der Waals surface area contributed by atoms with Crippen molar-refractivity contribution in [1.82, 2.24) is 25.1 Å². The first kappa shape index (κ1) is 31.6. The number of halogens is 1. The van der Waals surface area contributed by atoms with Gasteiger partial charge in [-0.3, -0.25) is 14.6 Å². The van der Waals surface area contributed by atoms with Crippen LogP contribution in [0.15, 0.2) is 91.5 Å². The third-order valence-electron chi connectivity index (χ3n) is 8.73. The van der Waals surface area contributed by atoms with Crippen LogP contribution >= 0.6 is 11.6 Å². The Labute approximate surface area is 274 Å². The number of carbonyl (C=O) groups is 3. The van der Waals surface area contributed by atoms with Gasteiger partial charge in [-0.05, 0) is 22.8 Å². The summed E-state index contributed by atoms with van der Waals surface area (Å²) in [7, 11) is 0. The minimum absolute atomic E-state index is 0.0279. The molecule has 240 valence electrons. The van der Waals surface area contributed by atoms with Crippen molar-refractivity contribution in [2.45, 2.75) is 31.7 Å². The third-order valence-corrected chi connectivity index (χ3v) is 9.04. The minimum atomic E-state index is -0.734. The Morgan fingerprint density at radius 2 is 1.67 bits per heavy atom. The number of hydrogen-bond acceptors (Lipinski definition) is 6. The van der Waals surface area contributed by atoms with Crippen molar-refractivity contribution in [3.05, 3.63) is 113 Å². The van der Waals surface area contributed by atoms with Crippen molar-refractivity contribution in [2.75, 3.05) is 50.8 Å². The summed E-state index contributed by atoms with van der Waals surface area (Å²) >= 11 is 6.76. The van der Waals surface area contributed by atoms with Crippen LogP contribution in [0.2, 0.25) is 5.02 Å². The number of nitrogens with zero attached hydrogens (tertiary/aromatic N) is 5. The van der Waals surface area contributed by atoms with E-state index in [9.17, 15) is 14.4 Å². The van der Waals surface area contributed by atoms with Gasteiger partial charge in [-0.15, -0.1) is 6.58 Å². The van der Waals surface area contributed by atoms with E-state index in [2.05, 4.69) is 16.8 Å². The fourth-order valence-corrected chi connectivity index (χ4v) is 6.87. The van der Waals surface area contributed by atoms with Crippen LogP contribution in [0.25, 0.3) is 0 Å². The first-order chi connectivity index (χ1) is 22.4. The molecule has 11 heteroatoms. The van der Waals surface area contributed by atoms with Crippen LogP contribution < -0.4 is 10.2 Å². The van der Waals surface area contributed by atoms with Crippen molar-refractivity contribution < 1.29 is 19.1 Å². The van der Waals surface area contributed by atoms with E-state index in [1.807, 2.05) is 83.8 Å². The Morgan fingerprint density at radius 1 is 0.978 bits per heavy atom. The number of urea groups is 1. The Bertz CT molecular complexity index is 1550. The lowest BCUT2D eigenvalue weighted by atomic mass is 9.99. The first-order valence-corrected chi connectivity index (χ1v) is 16.0. The molecule has 3 heterocycles. The van der Waals surface area contributed by atoms with Gasteiger partial charge in [0.25, 0.3) is 0 Å². The number of piperazine rings is 1. The van der Waals surface area contributed by atoms with Gasteiger partial charge in [-0.25, -0.2) is 4.79 Å². The van der Waals surface area contributed by atoms with Crippen LogP contribution in [0.1, 0.15) is 16.7 Å². The zero-order valence-corrected chi connectivity index (χ0v) is 26.5. The molecule has 0 aromatic heterocycles. The zero-order chi connectivity index (χ0) is 32.0. The van der Waals surface area contributed by atoms with Crippen molar-refractivity contribution >= 4 is 35.1 Å². The second kappa shape index (κ2) is 14.4. The molecule has 0 saturated carbocycles. The molecule has 3 aromatic carbocycles. The smallest absolute Gasteiger partial charge is 0.332 e. The van der Waals surface area contributed by atoms with Gasteiger partial charge >= 0.3 is 6.03 Å². The monoisotopic (exact) mass is 642 g/mol. The molecule has 0 bridgehead atoms. The van der Waals surface area contributed by atoms with Crippen LogP contribution in [0.3, 0.4) is 0 Å². The molecule has 6 rings (SSSR count). The summed E-state index contributed by atoms with van der Waals surface area (Å²) in [5.74, 6) is -0.326. The largest absolute Gasteiger partial charge is 0.378 e. The van der Waals surface area contributed by atoms with Crippen molar-refractivity contribution in [3.8, 4) is 0 Å². The van der Waals surface area contributed by atoms with Crippen LogP contribution in [0.5, 0.6) is 0 Å². The van der Waals surface area contributed by atoms with E-state index in [4.69, 9.17) is 16.3 Å². The van der Waals surface area contributed by atoms with E-state index in [1.165, 1.54) is 5.01 Å². The molecule has 3 aromatic rings. The molecule has 1 N–H and O–H groups in total. The van der Waals surface area contributed by atoms with Crippen molar-refractivity contribution in [2.24, 2.45) is 0 Å². The molecular formula is C35H39ClN6O4. The van der Waals surface area contributed by atoms with E-state index < -0.39 is 12.2 Å². The summed E-state index contributed by atoms with van der Waals surface area (Å²) in [5.41, 5.74) is 3.74. The molecule has 0 unspecified atom stereocenters. The molecule has 3 fully saturated rings. The summed E-state index contributed by atoms with van der Waals surface area (Å²) in [6, 6.07) is 24.1. The lowest BCUT2D eigenvalue weighted by molar-refractivity contribution is -0.157. The number of anilines is 1. The first-order valence-electron chi connectivity index (χ1n) is 15.6. The summed E-state index contributed by atoms with van der Waals surface area (Å²) in [6.45, 7) is 7.53. The van der Waals surface area contributed by atoms with Gasteiger partial charge in [0.2, 0.25) is 11.8 Å². The van der Waals surface area contributed by atoms with Gasteiger partial charge in [0.05, 0.1) is 43.6 Å². The van der Waals surface area contributed by atoms with Crippen molar-refractivity contribution in [1.29, 1.82) is 0 Å². The number of nitrogens with one attached hydrogen (secondary N) is 1. The highest BCUT2D eigenvalue weighted by molar-refractivity contribution is 6.33. The summed E-state index contributed by atoms with van der Waals surface area (Å²) in [6.07, 6.45) is 1.45. The highest BCUT2D eigenvalue weighted by Gasteiger charge is 2.52. The summed E-state index contributed by atoms with van der Waals surface area (Å²) < 4.78 is 5.58. The normalized spacial score (nSPS) is 20.1. The van der Waals surface area contributed by atoms with Gasteiger partial charge < -0.3 is 24.8 Å². The molecule has 10 nitrogen and oxygen atoms in total. The summed E-state index contributed by atoms with van der Waals surface area (Å²) in [5, 5.41) is 6.92. The number of rotatable bonds is 10. The zero-order valence-electron chi connectivity index (χ0n) is 25.8. The number of hydrogen-bond donors (Lipinski definition) is 1. The third kappa shape index (κ3) is 6.74. The van der Waals surface area contributed by atoms with E-state index in [-0.39, 0.29) is 37.5 Å². The average Bonchev–Trinajstić information content (AvgIpc) is 3.40. The molecule has 2 atom stereocenters. The lowest BCUT2D eigenvalue weighted by Gasteiger charge is -2.46. The fourth-order valence-electron chi connectivity index (χ4n) is 6.55. The second-order valence-corrected chi connectivity index (χ2v) is 12.1. The van der Waals surface area contributed by atoms with Gasteiger partial charge in [-0.2, -0.15) is 5.01 Å². The maximum absolute atomic E-state index is 14.3. The van der Waals surface area contributed by atoms with E-state index in [1.54, 1.807) is 16.0 Å². The SMILES string of the molecule is C=CCN(C(=O)NCc1ccccc1)N1CC(=O)N2[C@@H](Cc3ccccc3)C(=O)N(Cc3cccc(Cl)c3N3CCOCC3)C[C@@H]21. The average molecular weight is 643 g/mol. The molecule has 4 amide bonds. The maximum atomic E-state index is 14.3. The number of para-hydroxylation sites is 1. The molecule has 3 aliphatic heterocycles. The molecule has 3 saturated heterocycles. The number of ether oxygens (including phenoxy) is 1. The predicted octanol–water partition coefficient (Wildman–Crippen LogP) is 3.91. The quantitative estimate of drug-likeness (QED) is 0.338. The Balaban J connectivity index is 1.31. The topological polar surface area (TPSA) is 88.7 Å². The predicted molar refractivity (Wildman–Crippen MR) is 177 cm³/mol. The standard InChI is InChI=1S/C35H39ClN6O4/c1-2-16-40(35(45)37-22-27-12-7-4-8-13-27)41-25-32(43)42-30(21-26-10-5-3-6-11-26)34(44)39(24-31(41)42)23-28-14-9-15-29(36)33(28)38-17-19-46-20-18-38/h2-15,30-31H,1,16-25H2,(H,37,45)/t30-,31+/m0/s1. The Morgan fingerprint density at radius 3 is 2.37 bits per heavy atom. The molecule has 3 aliphatic rings. The van der Waals surface area contributed by atoms with E-state index in [0.717, 1.165) is 22.4 Å². The highest BCUT2D eigenvalue weighted by atomic mass is 35.5. The van der Waals surface area contributed by atoms with Crippen molar-refractivity contribution in [3.63, 3.8) is 0 Å². The van der Waals surface area contributed by atoms with Gasteiger partial charge in [0.15, 0.2) is 0 Å². The molecule has 0 spiro atoms. The van der Waals surface area contributed by atoms with E-state index in [0.29, 0.717) is 50.8 Å². The number of amides is 4. The molecule has 0 aliphatic carbocycles. The van der Waals surface area contributed by atoms with E-state index >= 15 is 0 Å². The van der Waals surface area contributed by atoms with Crippen LogP contribution in [-0.4, -0.2) is 95.8 Å². The highest BCUT2D eigenvalue weighted by Crippen LogP contribution is 2.34. The number of hydrazine groups is 1. The fraction of sp³-hybridized carbons (Fsp3) is 0.343. The minimum Gasteiger partial charge on any atom is -0.378 e. The summed E-state index contributed by atoms with van der Waals surface area (Å²) in [4.78, 5) is 47.4. The number of fused-ring (bicyclic) bond motifs is 1. The molecule has 0 radical (unpaired) electrons. The second-order valence-electron chi connectivity index (χ2n) is 11.7. The Hall–Kier alpha value is -4.38. The molecule has 46 heavy (non-hydrogen) atoms. The van der Waals surface area contributed by atoms with Gasteiger partial charge in [0, 0.05) is 32.6 Å². The lowest BCUT2D eigenvalue weighted by Crippen LogP contribution is -2.66. The maximum Gasteiger partial charge on any atom is 0.332 e. The number of morpholine rings is 1. The number of carbonyl (C=O) groups excluding carboxylic acids is 3. The van der Waals surface area contributed by atoms with Crippen LogP contribution in [0, 0.1) is 0 Å². The Kier molecular flexibility index (Phi) is 9.87. The van der Waals surface area contributed by atoms with Crippen LogP contribution in [0.4, 0.5) is 10.5 Å².